The molecule has 5 nitrogen and oxygen atoms in total. The second kappa shape index (κ2) is 4.05. The largest absolute Gasteiger partial charge is 0.368 e. The summed E-state index contributed by atoms with van der Waals surface area (Å²) in [5.41, 5.74) is 6.09. The molecule has 0 aromatic carbocycles. The van der Waals surface area contributed by atoms with Crippen LogP contribution < -0.4 is 11.1 Å². The molecule has 0 radical (unpaired) electrons. The van der Waals surface area contributed by atoms with E-state index in [9.17, 15) is 0 Å². The molecule has 0 amide bonds. The molecule has 0 unspecified atom stereocenters. The molecule has 1 aromatic heterocycles. The Morgan fingerprint density at radius 2 is 1.74 bits per heavy atom. The van der Waals surface area contributed by atoms with Crippen molar-refractivity contribution in [2.75, 3.05) is 17.6 Å². The summed E-state index contributed by atoms with van der Waals surface area (Å²) < 4.78 is 0. The Labute approximate surface area is 113 Å². The van der Waals surface area contributed by atoms with Crippen molar-refractivity contribution in [3.8, 4) is 0 Å². The number of nitrogens with one attached hydrogen (secondary N) is 1. The first kappa shape index (κ1) is 11.4. The molecule has 4 aliphatic carbocycles. The van der Waals surface area contributed by atoms with Crippen molar-refractivity contribution >= 4 is 11.9 Å². The molecule has 19 heavy (non-hydrogen) atoms. The second-order valence-electron chi connectivity index (χ2n) is 6.94. The third-order valence-electron chi connectivity index (χ3n) is 5.38. The topological polar surface area (TPSA) is 76.7 Å². The minimum Gasteiger partial charge on any atom is -0.368 e. The number of aromatic nitrogens is 3. The van der Waals surface area contributed by atoms with Gasteiger partial charge in [0.1, 0.15) is 6.33 Å². The van der Waals surface area contributed by atoms with Gasteiger partial charge >= 0.3 is 0 Å². The molecule has 5 rings (SSSR count). The van der Waals surface area contributed by atoms with Crippen molar-refractivity contribution in [3.05, 3.63) is 6.33 Å². The van der Waals surface area contributed by atoms with E-state index < -0.39 is 0 Å². The van der Waals surface area contributed by atoms with E-state index in [2.05, 4.69) is 20.3 Å². The van der Waals surface area contributed by atoms with Crippen LogP contribution in [0.3, 0.4) is 0 Å². The first-order valence-electron chi connectivity index (χ1n) is 7.39. The van der Waals surface area contributed by atoms with Crippen molar-refractivity contribution in [2.45, 2.75) is 38.5 Å². The highest BCUT2D eigenvalue weighted by molar-refractivity contribution is 5.29. The number of nitrogen functional groups attached to an aromatic ring is 1. The average molecular weight is 259 g/mol. The maximum Gasteiger partial charge on any atom is 0.227 e. The van der Waals surface area contributed by atoms with Crippen LogP contribution in [-0.4, -0.2) is 21.5 Å². The van der Waals surface area contributed by atoms with Crippen molar-refractivity contribution < 1.29 is 0 Å². The number of rotatable bonds is 3. The van der Waals surface area contributed by atoms with Crippen LogP contribution in [0.15, 0.2) is 6.33 Å². The standard InChI is InChI=1S/C14H21N5/c15-12-17-8-18-13(19-12)16-7-14-4-9-1-10(5-14)3-11(2-9)6-14/h8-11H,1-7H2,(H3,15,16,17,18,19). The van der Waals surface area contributed by atoms with Gasteiger partial charge in [-0.2, -0.15) is 4.98 Å². The predicted octanol–water partition coefficient (Wildman–Crippen LogP) is 2.08. The van der Waals surface area contributed by atoms with Gasteiger partial charge < -0.3 is 11.1 Å². The van der Waals surface area contributed by atoms with E-state index in [4.69, 9.17) is 5.73 Å². The summed E-state index contributed by atoms with van der Waals surface area (Å²) in [6, 6.07) is 0. The van der Waals surface area contributed by atoms with E-state index >= 15 is 0 Å². The lowest BCUT2D eigenvalue weighted by Gasteiger charge is -2.56. The van der Waals surface area contributed by atoms with E-state index in [1.807, 2.05) is 0 Å². The zero-order chi connectivity index (χ0) is 12.9. The Morgan fingerprint density at radius 1 is 1.11 bits per heavy atom. The molecule has 3 N–H and O–H groups in total. The minimum atomic E-state index is 0.294. The molecule has 0 spiro atoms. The fourth-order valence-corrected chi connectivity index (χ4v) is 5.17. The first-order valence-corrected chi connectivity index (χ1v) is 7.39. The fraction of sp³-hybridized carbons (Fsp3) is 0.786. The Bertz CT molecular complexity index is 451. The number of nitrogens with two attached hydrogens (primary N) is 1. The summed E-state index contributed by atoms with van der Waals surface area (Å²) in [5.74, 6) is 3.87. The summed E-state index contributed by atoms with van der Waals surface area (Å²) in [4.78, 5) is 12.1. The summed E-state index contributed by atoms with van der Waals surface area (Å²) in [7, 11) is 0. The SMILES string of the molecule is Nc1ncnc(NCC23CC4CC(CC(C4)C2)C3)n1. The highest BCUT2D eigenvalue weighted by Crippen LogP contribution is 2.59. The zero-order valence-corrected chi connectivity index (χ0v) is 11.2. The molecule has 4 saturated carbocycles. The lowest BCUT2D eigenvalue weighted by molar-refractivity contribution is -0.0445. The Hall–Kier alpha value is -1.39. The molecular formula is C14H21N5. The van der Waals surface area contributed by atoms with Gasteiger partial charge in [-0.1, -0.05) is 0 Å². The van der Waals surface area contributed by atoms with Crippen LogP contribution >= 0.6 is 0 Å². The van der Waals surface area contributed by atoms with Crippen molar-refractivity contribution in [2.24, 2.45) is 23.2 Å². The van der Waals surface area contributed by atoms with Crippen molar-refractivity contribution in [1.82, 2.24) is 15.0 Å². The summed E-state index contributed by atoms with van der Waals surface area (Å²) in [5, 5.41) is 3.40. The highest BCUT2D eigenvalue weighted by atomic mass is 15.2. The average Bonchev–Trinajstić information content (AvgIpc) is 2.35. The van der Waals surface area contributed by atoms with Crippen molar-refractivity contribution in [1.29, 1.82) is 0 Å². The Balaban J connectivity index is 1.48. The van der Waals surface area contributed by atoms with Crippen LogP contribution in [-0.2, 0) is 0 Å². The third-order valence-corrected chi connectivity index (χ3v) is 5.38. The fourth-order valence-electron chi connectivity index (χ4n) is 5.17. The number of anilines is 2. The maximum absolute atomic E-state index is 5.59. The van der Waals surface area contributed by atoms with Crippen LogP contribution in [0.1, 0.15) is 38.5 Å². The van der Waals surface area contributed by atoms with Gasteiger partial charge in [-0.25, -0.2) is 9.97 Å². The van der Waals surface area contributed by atoms with Gasteiger partial charge in [0.15, 0.2) is 0 Å². The zero-order valence-electron chi connectivity index (χ0n) is 11.2. The predicted molar refractivity (Wildman–Crippen MR) is 73.3 cm³/mol. The van der Waals surface area contributed by atoms with Crippen LogP contribution in [0.5, 0.6) is 0 Å². The summed E-state index contributed by atoms with van der Waals surface area (Å²) >= 11 is 0. The van der Waals surface area contributed by atoms with Crippen LogP contribution in [0.25, 0.3) is 0 Å². The second-order valence-corrected chi connectivity index (χ2v) is 6.94. The lowest BCUT2D eigenvalue weighted by atomic mass is 9.49. The van der Waals surface area contributed by atoms with Crippen molar-refractivity contribution in [3.63, 3.8) is 0 Å². The molecule has 4 fully saturated rings. The maximum atomic E-state index is 5.59. The molecule has 102 valence electrons. The summed E-state index contributed by atoms with van der Waals surface area (Å²) in [6.07, 6.45) is 10.1. The van der Waals surface area contributed by atoms with Crippen LogP contribution in [0.4, 0.5) is 11.9 Å². The highest BCUT2D eigenvalue weighted by Gasteiger charge is 2.50. The Kier molecular flexibility index (Phi) is 2.44. The molecule has 0 aliphatic heterocycles. The van der Waals surface area contributed by atoms with E-state index in [0.29, 0.717) is 17.3 Å². The van der Waals surface area contributed by atoms with Gasteiger partial charge in [-0.15, -0.1) is 0 Å². The van der Waals surface area contributed by atoms with Gasteiger partial charge in [-0.3, -0.25) is 0 Å². The monoisotopic (exact) mass is 259 g/mol. The van der Waals surface area contributed by atoms with Crippen LogP contribution in [0.2, 0.25) is 0 Å². The first-order chi connectivity index (χ1) is 9.21. The molecule has 4 aliphatic rings. The molecule has 0 atom stereocenters. The van der Waals surface area contributed by atoms with Gasteiger partial charge in [0.2, 0.25) is 11.9 Å². The minimum absolute atomic E-state index is 0.294. The summed E-state index contributed by atoms with van der Waals surface area (Å²) in [6.45, 7) is 1.000. The van der Waals surface area contributed by atoms with Gasteiger partial charge in [0.05, 0.1) is 0 Å². The van der Waals surface area contributed by atoms with E-state index in [1.165, 1.54) is 44.9 Å². The molecule has 5 heteroatoms. The van der Waals surface area contributed by atoms with Gasteiger partial charge in [0.25, 0.3) is 0 Å². The van der Waals surface area contributed by atoms with E-state index in [1.54, 1.807) is 0 Å². The number of nitrogens with zero attached hydrogens (tertiary/aromatic N) is 3. The Morgan fingerprint density at radius 3 is 2.32 bits per heavy atom. The van der Waals surface area contributed by atoms with Gasteiger partial charge in [0, 0.05) is 6.54 Å². The number of hydrogen-bond donors (Lipinski definition) is 2. The van der Waals surface area contributed by atoms with E-state index in [0.717, 1.165) is 24.3 Å². The molecule has 0 saturated heterocycles. The number of hydrogen-bond acceptors (Lipinski definition) is 5. The smallest absolute Gasteiger partial charge is 0.227 e. The lowest BCUT2D eigenvalue weighted by Crippen LogP contribution is -2.49. The van der Waals surface area contributed by atoms with Gasteiger partial charge in [-0.05, 0) is 61.7 Å². The third kappa shape index (κ3) is 2.05. The normalized spacial score (nSPS) is 39.5. The molecule has 1 heterocycles. The molecule has 4 bridgehead atoms. The quantitative estimate of drug-likeness (QED) is 0.869. The molecular weight excluding hydrogens is 238 g/mol. The van der Waals surface area contributed by atoms with E-state index in [-0.39, 0.29) is 0 Å². The van der Waals surface area contributed by atoms with Crippen LogP contribution in [0, 0.1) is 23.2 Å². The molecule has 1 aromatic rings.